The molecule has 1 rings (SSSR count). The molecule has 0 aliphatic heterocycles. The molecule has 10 heavy (non-hydrogen) atoms. The van der Waals surface area contributed by atoms with Crippen LogP contribution >= 0.6 is 56.8 Å². The maximum Gasteiger partial charge on any atom is 0.0673 e. The van der Waals surface area contributed by atoms with Crippen molar-refractivity contribution in [3.05, 3.63) is 29.9 Å². The Bertz CT molecular complexity index is 235. The summed E-state index contributed by atoms with van der Waals surface area (Å²) in [7, 11) is 0. The molecule has 0 aromatic heterocycles. The number of aryl methyl sites for hydroxylation is 1. The summed E-state index contributed by atoms with van der Waals surface area (Å²) in [6.07, 6.45) is 0. The van der Waals surface area contributed by atoms with Crippen LogP contribution in [0, 0.1) is 14.1 Å². The summed E-state index contributed by atoms with van der Waals surface area (Å²) < 4.78 is 2.26. The van der Waals surface area contributed by atoms with Gasteiger partial charge >= 0.3 is 0 Å². The Morgan fingerprint density at radius 1 is 1.20 bits per heavy atom. The molecule has 0 atom stereocenters. The van der Waals surface area contributed by atoms with Gasteiger partial charge in [0.2, 0.25) is 0 Å². The Balaban J connectivity index is 3.31. The van der Waals surface area contributed by atoms with Crippen LogP contribution in [0.1, 0.15) is 5.56 Å². The minimum atomic E-state index is 0.867. The van der Waals surface area contributed by atoms with Crippen molar-refractivity contribution in [3.63, 3.8) is 0 Å². The van der Waals surface area contributed by atoms with Gasteiger partial charge in [0.1, 0.15) is 0 Å². The van der Waals surface area contributed by atoms with Gasteiger partial charge in [-0.05, 0) is 69.8 Å². The average Bonchev–Trinajstić information content (AvgIpc) is 1.82. The first-order chi connectivity index (χ1) is 4.61. The number of hydrogen-bond donors (Lipinski definition) is 0. The van der Waals surface area contributed by atoms with Crippen molar-refractivity contribution < 1.29 is 0 Å². The molecule has 0 aliphatic rings. The van der Waals surface area contributed by atoms with E-state index in [2.05, 4.69) is 64.2 Å². The molecule has 0 saturated carbocycles. The average molecular weight is 378 g/mol. The monoisotopic (exact) mass is 378 g/mol. The Hall–Kier alpha value is 0.970. The van der Waals surface area contributed by atoms with E-state index in [0.717, 1.165) is 12.2 Å². The molecular formula is C7H5ClI2. The number of halogens is 3. The van der Waals surface area contributed by atoms with Crippen LogP contribution < -0.4 is 0 Å². The van der Waals surface area contributed by atoms with Crippen LogP contribution in [0.5, 0.6) is 0 Å². The highest BCUT2D eigenvalue weighted by Crippen LogP contribution is 2.25. The quantitative estimate of drug-likeness (QED) is 0.475. The predicted molar refractivity (Wildman–Crippen MR) is 61.6 cm³/mol. The van der Waals surface area contributed by atoms with Gasteiger partial charge in [0.05, 0.1) is 5.02 Å². The van der Waals surface area contributed by atoms with Crippen molar-refractivity contribution in [3.8, 4) is 0 Å². The zero-order chi connectivity index (χ0) is 7.72. The highest BCUT2D eigenvalue weighted by Gasteiger charge is 2.01. The lowest BCUT2D eigenvalue weighted by Crippen LogP contribution is -1.81. The van der Waals surface area contributed by atoms with Crippen LogP contribution in [0.3, 0.4) is 0 Å². The van der Waals surface area contributed by atoms with E-state index in [0.29, 0.717) is 0 Å². The molecule has 0 nitrogen and oxygen atoms in total. The molecule has 1 aromatic rings. The smallest absolute Gasteiger partial charge is 0.0673 e. The molecule has 0 aliphatic carbocycles. The zero-order valence-corrected chi connectivity index (χ0v) is 10.4. The molecule has 0 heterocycles. The third kappa shape index (κ3) is 1.98. The van der Waals surface area contributed by atoms with E-state index in [1.165, 1.54) is 5.56 Å². The molecule has 0 bridgehead atoms. The lowest BCUT2D eigenvalue weighted by atomic mass is 10.2. The van der Waals surface area contributed by atoms with Gasteiger partial charge in [0.25, 0.3) is 0 Å². The topological polar surface area (TPSA) is 0 Å². The molecule has 0 spiro atoms. The van der Waals surface area contributed by atoms with Crippen LogP contribution in [0.4, 0.5) is 0 Å². The van der Waals surface area contributed by atoms with Gasteiger partial charge in [-0.1, -0.05) is 11.6 Å². The second kappa shape index (κ2) is 3.58. The molecular weight excluding hydrogens is 373 g/mol. The first-order valence-corrected chi connectivity index (χ1v) is 5.26. The Labute approximate surface area is 92.6 Å². The highest BCUT2D eigenvalue weighted by molar-refractivity contribution is 14.1. The van der Waals surface area contributed by atoms with Crippen LogP contribution in [0.25, 0.3) is 0 Å². The predicted octanol–water partition coefficient (Wildman–Crippen LogP) is 3.86. The summed E-state index contributed by atoms with van der Waals surface area (Å²) in [4.78, 5) is 0. The zero-order valence-electron chi connectivity index (χ0n) is 5.29. The van der Waals surface area contributed by atoms with Gasteiger partial charge in [0.15, 0.2) is 0 Å². The first-order valence-electron chi connectivity index (χ1n) is 2.72. The lowest BCUT2D eigenvalue weighted by Gasteiger charge is -1.99. The third-order valence-electron chi connectivity index (χ3n) is 1.13. The van der Waals surface area contributed by atoms with E-state index >= 15 is 0 Å². The van der Waals surface area contributed by atoms with Crippen molar-refractivity contribution in [2.75, 3.05) is 0 Å². The minimum Gasteiger partial charge on any atom is -0.0820 e. The SMILES string of the molecule is Cc1cc(I)c(Cl)c(I)c1. The van der Waals surface area contributed by atoms with Gasteiger partial charge in [-0.2, -0.15) is 0 Å². The summed E-state index contributed by atoms with van der Waals surface area (Å²) in [6.45, 7) is 2.07. The van der Waals surface area contributed by atoms with Gasteiger partial charge < -0.3 is 0 Å². The summed E-state index contributed by atoms with van der Waals surface area (Å²) >= 11 is 10.4. The second-order valence-corrected chi connectivity index (χ2v) is 4.74. The molecule has 0 amide bonds. The van der Waals surface area contributed by atoms with E-state index in [4.69, 9.17) is 11.6 Å². The number of rotatable bonds is 0. The van der Waals surface area contributed by atoms with Gasteiger partial charge in [-0.25, -0.2) is 0 Å². The molecule has 0 N–H and O–H groups in total. The summed E-state index contributed by atoms with van der Waals surface area (Å²) in [5, 5.41) is 0.867. The fourth-order valence-electron chi connectivity index (χ4n) is 0.682. The Kier molecular flexibility index (Phi) is 3.24. The maximum atomic E-state index is 5.93. The molecule has 0 radical (unpaired) electrons. The van der Waals surface area contributed by atoms with Crippen molar-refractivity contribution in [2.45, 2.75) is 6.92 Å². The maximum absolute atomic E-state index is 5.93. The standard InChI is InChI=1S/C7H5ClI2/c1-4-2-5(9)7(8)6(10)3-4/h2-3H,1H3. The minimum absolute atomic E-state index is 0.867. The normalized spacial score (nSPS) is 10.0. The van der Waals surface area contributed by atoms with E-state index < -0.39 is 0 Å². The second-order valence-electron chi connectivity index (χ2n) is 2.04. The number of hydrogen-bond acceptors (Lipinski definition) is 0. The molecule has 54 valence electrons. The molecule has 1 aromatic carbocycles. The summed E-state index contributed by atoms with van der Waals surface area (Å²) in [6, 6.07) is 4.15. The van der Waals surface area contributed by atoms with Crippen LogP contribution in [-0.2, 0) is 0 Å². The third-order valence-corrected chi connectivity index (χ3v) is 3.87. The van der Waals surface area contributed by atoms with Crippen molar-refractivity contribution >= 4 is 56.8 Å². The van der Waals surface area contributed by atoms with E-state index in [9.17, 15) is 0 Å². The molecule has 0 saturated heterocycles. The van der Waals surface area contributed by atoms with E-state index in [1.54, 1.807) is 0 Å². The molecule has 3 heteroatoms. The fourth-order valence-corrected chi connectivity index (χ4v) is 2.87. The van der Waals surface area contributed by atoms with Gasteiger partial charge in [-0.3, -0.25) is 0 Å². The van der Waals surface area contributed by atoms with Crippen LogP contribution in [0.2, 0.25) is 5.02 Å². The van der Waals surface area contributed by atoms with E-state index in [1.807, 2.05) is 0 Å². The van der Waals surface area contributed by atoms with Gasteiger partial charge in [0, 0.05) is 7.14 Å². The summed E-state index contributed by atoms with van der Waals surface area (Å²) in [5.41, 5.74) is 1.26. The van der Waals surface area contributed by atoms with E-state index in [-0.39, 0.29) is 0 Å². The first kappa shape index (κ1) is 9.06. The summed E-state index contributed by atoms with van der Waals surface area (Å²) in [5.74, 6) is 0. The highest BCUT2D eigenvalue weighted by atomic mass is 127. The van der Waals surface area contributed by atoms with Crippen molar-refractivity contribution in [1.82, 2.24) is 0 Å². The molecule has 0 fully saturated rings. The Morgan fingerprint density at radius 3 is 2.00 bits per heavy atom. The van der Waals surface area contributed by atoms with Crippen molar-refractivity contribution in [2.24, 2.45) is 0 Å². The van der Waals surface area contributed by atoms with Crippen LogP contribution in [-0.4, -0.2) is 0 Å². The lowest BCUT2D eigenvalue weighted by molar-refractivity contribution is 1.43. The fraction of sp³-hybridized carbons (Fsp3) is 0.143. The van der Waals surface area contributed by atoms with Crippen molar-refractivity contribution in [1.29, 1.82) is 0 Å². The molecule has 0 unspecified atom stereocenters. The van der Waals surface area contributed by atoms with Gasteiger partial charge in [-0.15, -0.1) is 0 Å². The Morgan fingerprint density at radius 2 is 1.60 bits per heavy atom. The van der Waals surface area contributed by atoms with Crippen LogP contribution in [0.15, 0.2) is 12.1 Å². The largest absolute Gasteiger partial charge is 0.0820 e. The number of benzene rings is 1.